The van der Waals surface area contributed by atoms with Crippen molar-refractivity contribution in [2.24, 2.45) is 4.99 Å². The Kier molecular flexibility index (Phi) is 3.42. The summed E-state index contributed by atoms with van der Waals surface area (Å²) < 4.78 is 10.6. The summed E-state index contributed by atoms with van der Waals surface area (Å²) in [6, 6.07) is 14.2. The first-order valence-electron chi connectivity index (χ1n) is 6.69. The Labute approximate surface area is 118 Å². The smallest absolute Gasteiger partial charge is 0.162 e. The first kappa shape index (κ1) is 12.7. The van der Waals surface area contributed by atoms with Gasteiger partial charge in [0, 0.05) is 11.8 Å². The van der Waals surface area contributed by atoms with Crippen LogP contribution < -0.4 is 9.47 Å². The molecule has 2 aromatic rings. The molecule has 1 aliphatic rings. The number of rotatable bonds is 3. The van der Waals surface area contributed by atoms with E-state index < -0.39 is 0 Å². The number of methoxy groups -OCH3 is 2. The summed E-state index contributed by atoms with van der Waals surface area (Å²) in [4.78, 5) is 4.76. The van der Waals surface area contributed by atoms with Crippen molar-refractivity contribution in [1.82, 2.24) is 0 Å². The molecule has 3 heteroatoms. The number of hydrogen-bond acceptors (Lipinski definition) is 3. The Hall–Kier alpha value is -2.29. The van der Waals surface area contributed by atoms with Crippen molar-refractivity contribution in [3.05, 3.63) is 53.6 Å². The summed E-state index contributed by atoms with van der Waals surface area (Å²) in [6.07, 6.45) is 2.07. The van der Waals surface area contributed by atoms with Crippen LogP contribution in [0.1, 0.15) is 17.5 Å². The molecule has 0 bridgehead atoms. The highest BCUT2D eigenvalue weighted by Gasteiger charge is 2.16. The molecule has 3 rings (SSSR count). The van der Waals surface area contributed by atoms with Crippen LogP contribution in [0, 0.1) is 0 Å². The Morgan fingerprint density at radius 1 is 0.900 bits per heavy atom. The SMILES string of the molecule is COc1ccc(/N=C2\CCc3ccccc32)cc1OC. The zero-order valence-corrected chi connectivity index (χ0v) is 11.7. The van der Waals surface area contributed by atoms with Gasteiger partial charge in [0.25, 0.3) is 0 Å². The molecule has 2 aromatic carbocycles. The van der Waals surface area contributed by atoms with Gasteiger partial charge in [0.15, 0.2) is 11.5 Å². The van der Waals surface area contributed by atoms with Crippen LogP contribution in [0.25, 0.3) is 0 Å². The fourth-order valence-corrected chi connectivity index (χ4v) is 2.57. The monoisotopic (exact) mass is 267 g/mol. The van der Waals surface area contributed by atoms with Gasteiger partial charge in [-0.3, -0.25) is 4.99 Å². The molecule has 102 valence electrons. The standard InChI is InChI=1S/C17H17NO2/c1-19-16-10-8-13(11-17(16)20-2)18-15-9-7-12-5-3-4-6-14(12)15/h3-6,8,10-11H,7,9H2,1-2H3/b18-15+. The molecule has 0 aliphatic heterocycles. The van der Waals surface area contributed by atoms with E-state index >= 15 is 0 Å². The molecule has 0 N–H and O–H groups in total. The molecule has 0 fully saturated rings. The second-order valence-corrected chi connectivity index (χ2v) is 4.75. The Morgan fingerprint density at radius 3 is 2.50 bits per heavy atom. The third kappa shape index (κ3) is 2.27. The van der Waals surface area contributed by atoms with Crippen molar-refractivity contribution in [3.8, 4) is 11.5 Å². The van der Waals surface area contributed by atoms with Gasteiger partial charge in [-0.15, -0.1) is 0 Å². The first-order chi connectivity index (χ1) is 9.81. The van der Waals surface area contributed by atoms with E-state index in [0.29, 0.717) is 5.75 Å². The van der Waals surface area contributed by atoms with E-state index in [1.807, 2.05) is 18.2 Å². The van der Waals surface area contributed by atoms with E-state index in [9.17, 15) is 0 Å². The second kappa shape index (κ2) is 5.37. The maximum absolute atomic E-state index is 5.32. The molecule has 0 saturated heterocycles. The minimum absolute atomic E-state index is 0.709. The van der Waals surface area contributed by atoms with Crippen LogP contribution >= 0.6 is 0 Å². The second-order valence-electron chi connectivity index (χ2n) is 4.75. The maximum atomic E-state index is 5.32. The van der Waals surface area contributed by atoms with Gasteiger partial charge in [0.2, 0.25) is 0 Å². The lowest BCUT2D eigenvalue weighted by molar-refractivity contribution is 0.355. The van der Waals surface area contributed by atoms with Gasteiger partial charge in [-0.05, 0) is 36.1 Å². The third-order valence-electron chi connectivity index (χ3n) is 3.59. The van der Waals surface area contributed by atoms with Crippen LogP contribution in [0.3, 0.4) is 0 Å². The van der Waals surface area contributed by atoms with Gasteiger partial charge in [-0.25, -0.2) is 0 Å². The van der Waals surface area contributed by atoms with Crippen LogP contribution in [0.2, 0.25) is 0 Å². The normalized spacial score (nSPS) is 15.2. The lowest BCUT2D eigenvalue weighted by Crippen LogP contribution is -1.94. The van der Waals surface area contributed by atoms with Gasteiger partial charge in [0.05, 0.1) is 19.9 Å². The average Bonchev–Trinajstić information content (AvgIpc) is 2.90. The van der Waals surface area contributed by atoms with Crippen LogP contribution in [0.15, 0.2) is 47.5 Å². The van der Waals surface area contributed by atoms with Crippen LogP contribution in [0.5, 0.6) is 11.5 Å². The molecular weight excluding hydrogens is 250 g/mol. The minimum atomic E-state index is 0.709. The quantitative estimate of drug-likeness (QED) is 0.847. The van der Waals surface area contributed by atoms with Crippen molar-refractivity contribution in [2.75, 3.05) is 14.2 Å². The molecule has 0 amide bonds. The molecule has 0 spiro atoms. The molecule has 20 heavy (non-hydrogen) atoms. The largest absolute Gasteiger partial charge is 0.493 e. The van der Waals surface area contributed by atoms with Crippen molar-refractivity contribution in [2.45, 2.75) is 12.8 Å². The first-order valence-corrected chi connectivity index (χ1v) is 6.69. The van der Waals surface area contributed by atoms with E-state index in [-0.39, 0.29) is 0 Å². The van der Waals surface area contributed by atoms with E-state index in [2.05, 4.69) is 24.3 Å². The summed E-state index contributed by atoms with van der Waals surface area (Å²) in [7, 11) is 3.27. The zero-order valence-electron chi connectivity index (χ0n) is 11.7. The Bertz CT molecular complexity index is 662. The van der Waals surface area contributed by atoms with Crippen molar-refractivity contribution >= 4 is 11.4 Å². The number of nitrogens with zero attached hydrogens (tertiary/aromatic N) is 1. The van der Waals surface area contributed by atoms with Gasteiger partial charge >= 0.3 is 0 Å². The van der Waals surface area contributed by atoms with Crippen molar-refractivity contribution in [3.63, 3.8) is 0 Å². The van der Waals surface area contributed by atoms with E-state index in [1.54, 1.807) is 14.2 Å². The highest BCUT2D eigenvalue weighted by Crippen LogP contribution is 2.32. The van der Waals surface area contributed by atoms with E-state index in [0.717, 1.165) is 30.0 Å². The van der Waals surface area contributed by atoms with Gasteiger partial charge in [0.1, 0.15) is 0 Å². The summed E-state index contributed by atoms with van der Waals surface area (Å²) >= 11 is 0. The minimum Gasteiger partial charge on any atom is -0.493 e. The lowest BCUT2D eigenvalue weighted by atomic mass is 10.1. The summed E-state index contributed by atoms with van der Waals surface area (Å²) in [5.41, 5.74) is 4.69. The molecule has 0 radical (unpaired) electrons. The Balaban J connectivity index is 1.97. The number of ether oxygens (including phenoxy) is 2. The number of hydrogen-bond donors (Lipinski definition) is 0. The predicted molar refractivity (Wildman–Crippen MR) is 80.5 cm³/mol. The van der Waals surface area contributed by atoms with Gasteiger partial charge in [-0.2, -0.15) is 0 Å². The molecule has 0 heterocycles. The topological polar surface area (TPSA) is 30.8 Å². The predicted octanol–water partition coefficient (Wildman–Crippen LogP) is 3.77. The molecule has 1 aliphatic carbocycles. The van der Waals surface area contributed by atoms with E-state index in [1.165, 1.54) is 11.1 Å². The molecule has 0 atom stereocenters. The maximum Gasteiger partial charge on any atom is 0.162 e. The highest BCUT2D eigenvalue weighted by molar-refractivity contribution is 6.05. The molecule has 0 saturated carbocycles. The fourth-order valence-electron chi connectivity index (χ4n) is 2.57. The van der Waals surface area contributed by atoms with Crippen molar-refractivity contribution < 1.29 is 9.47 Å². The summed E-state index contributed by atoms with van der Waals surface area (Å²) in [5, 5.41) is 0. The number of aryl methyl sites for hydroxylation is 1. The summed E-state index contributed by atoms with van der Waals surface area (Å²) in [6.45, 7) is 0. The van der Waals surface area contributed by atoms with Gasteiger partial charge in [-0.1, -0.05) is 24.3 Å². The number of fused-ring (bicyclic) bond motifs is 1. The van der Waals surface area contributed by atoms with Gasteiger partial charge < -0.3 is 9.47 Å². The van der Waals surface area contributed by atoms with Crippen molar-refractivity contribution in [1.29, 1.82) is 0 Å². The number of benzene rings is 2. The molecule has 0 aromatic heterocycles. The highest BCUT2D eigenvalue weighted by atomic mass is 16.5. The summed E-state index contributed by atoms with van der Waals surface area (Å²) in [5.74, 6) is 1.43. The van der Waals surface area contributed by atoms with Crippen LogP contribution in [-0.2, 0) is 6.42 Å². The Morgan fingerprint density at radius 2 is 1.70 bits per heavy atom. The van der Waals surface area contributed by atoms with E-state index in [4.69, 9.17) is 14.5 Å². The van der Waals surface area contributed by atoms with Crippen LogP contribution in [-0.4, -0.2) is 19.9 Å². The molecule has 3 nitrogen and oxygen atoms in total. The molecule has 0 unspecified atom stereocenters. The van der Waals surface area contributed by atoms with Crippen LogP contribution in [0.4, 0.5) is 5.69 Å². The average molecular weight is 267 g/mol. The number of aliphatic imine (C=N–C) groups is 1. The lowest BCUT2D eigenvalue weighted by Gasteiger charge is -2.08. The zero-order chi connectivity index (χ0) is 13.9. The fraction of sp³-hybridized carbons (Fsp3) is 0.235. The molecular formula is C17H17NO2. The third-order valence-corrected chi connectivity index (χ3v) is 3.59.